The second kappa shape index (κ2) is 46.7. The third-order valence-electron chi connectivity index (χ3n) is 12.3. The van der Waals surface area contributed by atoms with Gasteiger partial charge in [-0.25, -0.2) is 0 Å². The van der Waals surface area contributed by atoms with E-state index >= 15 is 0 Å². The first kappa shape index (κ1) is 61.2. The predicted octanol–water partition coefficient (Wildman–Crippen LogP) is 10.3. The number of carboxylic acid groups (broad SMARTS) is 3. The molecule has 0 aliphatic rings. The summed E-state index contributed by atoms with van der Waals surface area (Å²) in [5, 5.41) is 34.3. The van der Waals surface area contributed by atoms with Crippen LogP contribution in [0.15, 0.2) is 0 Å². The average Bonchev–Trinajstić information content (AvgIpc) is 3.24. The van der Waals surface area contributed by atoms with Crippen LogP contribution in [0, 0.1) is 0 Å². The van der Waals surface area contributed by atoms with Crippen LogP contribution in [0.2, 0.25) is 0 Å². The number of carboxylic acids is 3. The maximum absolute atomic E-state index is 12.8. The Morgan fingerprint density at radius 2 is 0.562 bits per heavy atom. The predicted molar refractivity (Wildman–Crippen MR) is 262 cm³/mol. The van der Waals surface area contributed by atoms with Crippen molar-refractivity contribution in [2.24, 2.45) is 0 Å². The van der Waals surface area contributed by atoms with Gasteiger partial charge in [0.25, 0.3) is 0 Å². The Morgan fingerprint density at radius 1 is 0.312 bits per heavy atom. The van der Waals surface area contributed by atoms with E-state index in [2.05, 4.69) is 24.5 Å². The Labute approximate surface area is 391 Å². The zero-order chi connectivity index (χ0) is 47.1. The summed E-state index contributed by atoms with van der Waals surface area (Å²) in [5.41, 5.74) is 0. The highest BCUT2D eigenvalue weighted by Crippen LogP contribution is 2.15. The number of carbonyl (C=O) groups is 5. The first-order valence-corrected chi connectivity index (χ1v) is 26.4. The molecule has 0 saturated carbocycles. The van der Waals surface area contributed by atoms with Gasteiger partial charge in [0.15, 0.2) is 0 Å². The Bertz CT molecular complexity index is 1050. The lowest BCUT2D eigenvalue weighted by atomic mass is 10.0. The van der Waals surface area contributed by atoms with Crippen molar-refractivity contribution in [2.45, 2.75) is 226 Å². The zero-order valence-electron chi connectivity index (χ0n) is 41.3. The van der Waals surface area contributed by atoms with Crippen molar-refractivity contribution in [2.75, 3.05) is 72.0 Å². The SMILES string of the molecule is CCCCCCCCCCCCCCCCCCNC(=O)CN(CCN(CCC(=O)O)CCN(CC(=O)O)CC(=O)NCCCCCCCCCCCCCCCCCC)CC(=O)O. The van der Waals surface area contributed by atoms with Gasteiger partial charge in [-0.15, -0.1) is 0 Å². The van der Waals surface area contributed by atoms with Gasteiger partial charge in [0.05, 0.1) is 32.6 Å². The summed E-state index contributed by atoms with van der Waals surface area (Å²) in [6.07, 6.45) is 40.6. The number of hydrogen-bond acceptors (Lipinski definition) is 8. The molecule has 0 bridgehead atoms. The molecule has 64 heavy (non-hydrogen) atoms. The summed E-state index contributed by atoms with van der Waals surface area (Å²) >= 11 is 0. The van der Waals surface area contributed by atoms with E-state index in [1.165, 1.54) is 177 Å². The molecule has 0 aliphatic carbocycles. The molecule has 0 radical (unpaired) electrons. The first-order valence-electron chi connectivity index (χ1n) is 26.4. The van der Waals surface area contributed by atoms with E-state index in [1.807, 2.05) is 4.90 Å². The van der Waals surface area contributed by atoms with E-state index in [1.54, 1.807) is 0 Å². The average molecular weight is 910 g/mol. The quantitative estimate of drug-likeness (QED) is 0.0367. The van der Waals surface area contributed by atoms with Crippen LogP contribution in [-0.4, -0.2) is 132 Å². The summed E-state index contributed by atoms with van der Waals surface area (Å²) in [6.45, 7) is 5.84. The van der Waals surface area contributed by atoms with E-state index in [0.717, 1.165) is 38.5 Å². The van der Waals surface area contributed by atoms with Crippen LogP contribution in [0.4, 0.5) is 0 Å². The summed E-state index contributed by atoms with van der Waals surface area (Å²) in [4.78, 5) is 65.2. The molecule has 0 saturated heterocycles. The molecule has 2 amide bonds. The van der Waals surface area contributed by atoms with Crippen molar-refractivity contribution in [1.29, 1.82) is 0 Å². The monoisotopic (exact) mass is 910 g/mol. The molecule has 0 aromatic carbocycles. The number of unbranched alkanes of at least 4 members (excludes halogenated alkanes) is 30. The van der Waals surface area contributed by atoms with Crippen LogP contribution in [0.3, 0.4) is 0 Å². The number of rotatable bonds is 51. The van der Waals surface area contributed by atoms with Crippen LogP contribution < -0.4 is 10.6 Å². The minimum absolute atomic E-state index is 0.0946. The smallest absolute Gasteiger partial charge is 0.317 e. The number of hydrogen-bond donors (Lipinski definition) is 5. The molecule has 376 valence electrons. The van der Waals surface area contributed by atoms with Crippen LogP contribution in [0.1, 0.15) is 226 Å². The molecular weight excluding hydrogens is 811 g/mol. The number of amides is 2. The fourth-order valence-corrected chi connectivity index (χ4v) is 8.29. The van der Waals surface area contributed by atoms with Crippen molar-refractivity contribution in [1.82, 2.24) is 25.3 Å². The number of nitrogens with one attached hydrogen (secondary N) is 2. The van der Waals surface area contributed by atoms with Crippen molar-refractivity contribution in [3.8, 4) is 0 Å². The van der Waals surface area contributed by atoms with Crippen molar-refractivity contribution in [3.63, 3.8) is 0 Å². The lowest BCUT2D eigenvalue weighted by Gasteiger charge is -2.28. The van der Waals surface area contributed by atoms with Gasteiger partial charge < -0.3 is 30.9 Å². The maximum Gasteiger partial charge on any atom is 0.317 e. The van der Waals surface area contributed by atoms with Gasteiger partial charge in [0, 0.05) is 45.8 Å². The van der Waals surface area contributed by atoms with E-state index < -0.39 is 17.9 Å². The normalized spacial score (nSPS) is 11.5. The van der Waals surface area contributed by atoms with Crippen LogP contribution in [-0.2, 0) is 24.0 Å². The Kier molecular flexibility index (Phi) is 44.7. The molecule has 0 rings (SSSR count). The van der Waals surface area contributed by atoms with Crippen LogP contribution in [0.25, 0.3) is 0 Å². The Hall–Kier alpha value is -2.77. The fraction of sp³-hybridized carbons (Fsp3) is 0.902. The van der Waals surface area contributed by atoms with Gasteiger partial charge in [-0.2, -0.15) is 0 Å². The summed E-state index contributed by atoms with van der Waals surface area (Å²) in [7, 11) is 0. The minimum Gasteiger partial charge on any atom is -0.481 e. The number of nitrogens with zero attached hydrogens (tertiary/aromatic N) is 3. The standard InChI is InChI=1S/C51H99N5O8/c1-3-5-7-9-11-13-15-17-19-21-23-25-27-29-31-33-36-52-47(57)43-55(45-50(61)62)41-39-54(38-35-49(59)60)40-42-56(46-51(63)64)44-48(58)53-37-34-32-30-28-26-24-22-20-18-16-14-12-10-8-6-4-2/h3-46H2,1-2H3,(H,52,57)(H,53,58)(H,59,60)(H,61,62)(H,63,64). The Morgan fingerprint density at radius 3 is 0.812 bits per heavy atom. The molecule has 0 aromatic rings. The third kappa shape index (κ3) is 45.8. The highest BCUT2D eigenvalue weighted by atomic mass is 16.4. The highest BCUT2D eigenvalue weighted by Gasteiger charge is 2.19. The van der Waals surface area contributed by atoms with Gasteiger partial charge in [-0.3, -0.25) is 33.8 Å². The largest absolute Gasteiger partial charge is 0.481 e. The Balaban J connectivity index is 4.44. The highest BCUT2D eigenvalue weighted by molar-refractivity contribution is 5.79. The molecule has 0 heterocycles. The van der Waals surface area contributed by atoms with E-state index in [-0.39, 0.29) is 77.1 Å². The first-order chi connectivity index (χ1) is 31.1. The van der Waals surface area contributed by atoms with E-state index in [4.69, 9.17) is 0 Å². The minimum atomic E-state index is -1.07. The van der Waals surface area contributed by atoms with Crippen LogP contribution >= 0.6 is 0 Å². The van der Waals surface area contributed by atoms with Crippen molar-refractivity contribution in [3.05, 3.63) is 0 Å². The molecule has 13 heteroatoms. The van der Waals surface area contributed by atoms with Gasteiger partial charge >= 0.3 is 17.9 Å². The fourth-order valence-electron chi connectivity index (χ4n) is 8.29. The molecule has 0 aliphatic heterocycles. The van der Waals surface area contributed by atoms with Crippen molar-refractivity contribution < 1.29 is 39.3 Å². The summed E-state index contributed by atoms with van der Waals surface area (Å²) in [5.74, 6) is -3.63. The van der Waals surface area contributed by atoms with Gasteiger partial charge in [-0.05, 0) is 12.8 Å². The molecular formula is C51H99N5O8. The van der Waals surface area contributed by atoms with Crippen LogP contribution in [0.5, 0.6) is 0 Å². The summed E-state index contributed by atoms with van der Waals surface area (Å²) in [6, 6.07) is 0. The molecule has 0 aromatic heterocycles. The van der Waals surface area contributed by atoms with E-state index in [0.29, 0.717) is 13.1 Å². The molecule has 0 fully saturated rings. The maximum atomic E-state index is 12.8. The molecule has 5 N–H and O–H groups in total. The van der Waals surface area contributed by atoms with Crippen molar-refractivity contribution >= 4 is 29.7 Å². The third-order valence-corrected chi connectivity index (χ3v) is 12.3. The topological polar surface area (TPSA) is 180 Å². The molecule has 0 unspecified atom stereocenters. The number of carbonyl (C=O) groups excluding carboxylic acids is 2. The molecule has 0 atom stereocenters. The zero-order valence-corrected chi connectivity index (χ0v) is 41.3. The van der Waals surface area contributed by atoms with E-state index in [9.17, 15) is 39.3 Å². The summed E-state index contributed by atoms with van der Waals surface area (Å²) < 4.78 is 0. The molecule has 13 nitrogen and oxygen atoms in total. The van der Waals surface area contributed by atoms with Gasteiger partial charge in [0.1, 0.15) is 0 Å². The lowest BCUT2D eigenvalue weighted by molar-refractivity contribution is -0.140. The van der Waals surface area contributed by atoms with Gasteiger partial charge in [0.2, 0.25) is 11.8 Å². The second-order valence-electron chi connectivity index (χ2n) is 18.5. The second-order valence-corrected chi connectivity index (χ2v) is 18.5. The molecule has 0 spiro atoms. The van der Waals surface area contributed by atoms with Gasteiger partial charge in [-0.1, -0.05) is 206 Å². The number of aliphatic carboxylic acids is 3. The lowest BCUT2D eigenvalue weighted by Crippen LogP contribution is -2.46.